The standard InChI is InChI=1S/C20H14Cl2N4O3/c21-15-5-1-3-13(9-15)11-23-25-19(27)17-7-8-18(29-17)20(28)26-24-12-14-4-2-6-16(22)10-14/h1-12H,(H,25,27)(H,26,28)/b23-11+,24-12+. The lowest BCUT2D eigenvalue weighted by molar-refractivity contribution is 0.0902. The van der Waals surface area contributed by atoms with Crippen LogP contribution in [0, 0.1) is 0 Å². The summed E-state index contributed by atoms with van der Waals surface area (Å²) in [6, 6.07) is 16.6. The molecule has 0 bridgehead atoms. The number of furan rings is 1. The summed E-state index contributed by atoms with van der Waals surface area (Å²) in [6.45, 7) is 0. The summed E-state index contributed by atoms with van der Waals surface area (Å²) in [7, 11) is 0. The molecular weight excluding hydrogens is 415 g/mol. The van der Waals surface area contributed by atoms with E-state index in [0.717, 1.165) is 11.1 Å². The summed E-state index contributed by atoms with van der Waals surface area (Å²) in [5.41, 5.74) is 6.05. The maximum Gasteiger partial charge on any atom is 0.307 e. The minimum atomic E-state index is -0.607. The van der Waals surface area contributed by atoms with Crippen molar-refractivity contribution in [3.05, 3.63) is 93.4 Å². The molecule has 1 heterocycles. The molecule has 0 atom stereocenters. The molecule has 0 aliphatic carbocycles. The van der Waals surface area contributed by atoms with Crippen LogP contribution >= 0.6 is 23.2 Å². The van der Waals surface area contributed by atoms with Crippen molar-refractivity contribution < 1.29 is 14.0 Å². The number of hydrogen-bond donors (Lipinski definition) is 2. The molecule has 3 aromatic rings. The van der Waals surface area contributed by atoms with Crippen molar-refractivity contribution in [1.82, 2.24) is 10.9 Å². The Morgan fingerprint density at radius 3 is 1.62 bits per heavy atom. The molecule has 0 unspecified atom stereocenters. The van der Waals surface area contributed by atoms with Gasteiger partial charge in [0.15, 0.2) is 11.5 Å². The van der Waals surface area contributed by atoms with E-state index in [1.165, 1.54) is 24.6 Å². The molecule has 0 fully saturated rings. The van der Waals surface area contributed by atoms with Gasteiger partial charge < -0.3 is 4.42 Å². The fraction of sp³-hybridized carbons (Fsp3) is 0. The van der Waals surface area contributed by atoms with Gasteiger partial charge in [-0.05, 0) is 47.5 Å². The van der Waals surface area contributed by atoms with Gasteiger partial charge >= 0.3 is 11.8 Å². The molecule has 2 N–H and O–H groups in total. The maximum absolute atomic E-state index is 12.1. The molecular formula is C20H14Cl2N4O3. The van der Waals surface area contributed by atoms with E-state index < -0.39 is 11.8 Å². The summed E-state index contributed by atoms with van der Waals surface area (Å²) in [4.78, 5) is 24.1. The lowest BCUT2D eigenvalue weighted by Gasteiger charge is -1.98. The van der Waals surface area contributed by atoms with E-state index in [1.807, 2.05) is 0 Å². The first-order valence-corrected chi connectivity index (χ1v) is 9.04. The SMILES string of the molecule is O=C(N/N=C/c1cccc(Cl)c1)c1ccc(C(=O)N/N=C/c2cccc(Cl)c2)o1. The molecule has 0 saturated heterocycles. The molecule has 9 heteroatoms. The zero-order valence-electron chi connectivity index (χ0n) is 14.8. The minimum absolute atomic E-state index is 0.0720. The van der Waals surface area contributed by atoms with E-state index in [2.05, 4.69) is 21.1 Å². The summed E-state index contributed by atoms with van der Waals surface area (Å²) < 4.78 is 5.24. The molecule has 7 nitrogen and oxygen atoms in total. The lowest BCUT2D eigenvalue weighted by Crippen LogP contribution is -2.18. The van der Waals surface area contributed by atoms with Gasteiger partial charge in [-0.3, -0.25) is 9.59 Å². The van der Waals surface area contributed by atoms with Crippen LogP contribution in [0.25, 0.3) is 0 Å². The highest BCUT2D eigenvalue weighted by atomic mass is 35.5. The van der Waals surface area contributed by atoms with E-state index in [0.29, 0.717) is 10.0 Å². The Hall–Kier alpha value is -3.42. The summed E-state index contributed by atoms with van der Waals surface area (Å²) in [5.74, 6) is -1.36. The van der Waals surface area contributed by atoms with Crippen LogP contribution in [-0.2, 0) is 0 Å². The first-order valence-electron chi connectivity index (χ1n) is 8.29. The van der Waals surface area contributed by atoms with Crippen molar-refractivity contribution in [3.8, 4) is 0 Å². The topological polar surface area (TPSA) is 96.1 Å². The van der Waals surface area contributed by atoms with Gasteiger partial charge in [0.25, 0.3) is 0 Å². The van der Waals surface area contributed by atoms with E-state index >= 15 is 0 Å². The van der Waals surface area contributed by atoms with Gasteiger partial charge in [0.1, 0.15) is 0 Å². The first-order chi connectivity index (χ1) is 14.0. The third-order valence-electron chi connectivity index (χ3n) is 3.51. The van der Waals surface area contributed by atoms with Crippen LogP contribution in [0.3, 0.4) is 0 Å². The second-order valence-corrected chi connectivity index (χ2v) is 6.55. The van der Waals surface area contributed by atoms with Gasteiger partial charge in [0.05, 0.1) is 12.4 Å². The van der Waals surface area contributed by atoms with Crippen LogP contribution in [0.1, 0.15) is 32.2 Å². The molecule has 2 aromatic carbocycles. The number of halogens is 2. The molecule has 29 heavy (non-hydrogen) atoms. The average Bonchev–Trinajstić information content (AvgIpc) is 3.18. The van der Waals surface area contributed by atoms with Gasteiger partial charge in [-0.15, -0.1) is 0 Å². The highest BCUT2D eigenvalue weighted by Gasteiger charge is 2.15. The zero-order valence-corrected chi connectivity index (χ0v) is 16.3. The van der Waals surface area contributed by atoms with Gasteiger partial charge in [-0.25, -0.2) is 10.9 Å². The van der Waals surface area contributed by atoms with E-state index in [4.69, 9.17) is 27.6 Å². The van der Waals surface area contributed by atoms with Crippen molar-refractivity contribution in [1.29, 1.82) is 0 Å². The monoisotopic (exact) mass is 428 g/mol. The number of amides is 2. The highest BCUT2D eigenvalue weighted by Crippen LogP contribution is 2.10. The Morgan fingerprint density at radius 2 is 1.21 bits per heavy atom. The number of rotatable bonds is 6. The summed E-state index contributed by atoms with van der Waals surface area (Å²) >= 11 is 11.7. The second-order valence-electron chi connectivity index (χ2n) is 5.67. The lowest BCUT2D eigenvalue weighted by atomic mass is 10.2. The fourth-order valence-corrected chi connectivity index (χ4v) is 2.59. The fourth-order valence-electron chi connectivity index (χ4n) is 2.20. The number of nitrogens with one attached hydrogen (secondary N) is 2. The molecule has 3 rings (SSSR count). The number of hydrogen-bond acceptors (Lipinski definition) is 5. The zero-order chi connectivity index (χ0) is 20.6. The normalized spacial score (nSPS) is 11.1. The molecule has 0 radical (unpaired) electrons. The van der Waals surface area contributed by atoms with Crippen molar-refractivity contribution in [2.24, 2.45) is 10.2 Å². The predicted molar refractivity (Wildman–Crippen MR) is 112 cm³/mol. The molecule has 0 aliphatic rings. The van der Waals surface area contributed by atoms with E-state index in [9.17, 15) is 9.59 Å². The van der Waals surface area contributed by atoms with Crippen molar-refractivity contribution in [2.45, 2.75) is 0 Å². The van der Waals surface area contributed by atoms with E-state index in [1.54, 1.807) is 48.5 Å². The van der Waals surface area contributed by atoms with Crippen LogP contribution in [0.4, 0.5) is 0 Å². The Balaban J connectivity index is 1.55. The number of carbonyl (C=O) groups is 2. The van der Waals surface area contributed by atoms with Crippen LogP contribution in [0.15, 0.2) is 75.3 Å². The first kappa shape index (κ1) is 20.3. The minimum Gasteiger partial charge on any atom is -0.446 e. The largest absolute Gasteiger partial charge is 0.446 e. The third kappa shape index (κ3) is 6.03. The van der Waals surface area contributed by atoms with Crippen LogP contribution in [0.2, 0.25) is 10.0 Å². The van der Waals surface area contributed by atoms with E-state index in [-0.39, 0.29) is 11.5 Å². The van der Waals surface area contributed by atoms with Crippen molar-refractivity contribution in [2.75, 3.05) is 0 Å². The molecule has 0 aliphatic heterocycles. The maximum atomic E-state index is 12.1. The van der Waals surface area contributed by atoms with Gasteiger partial charge in [-0.1, -0.05) is 47.5 Å². The smallest absolute Gasteiger partial charge is 0.307 e. The third-order valence-corrected chi connectivity index (χ3v) is 3.98. The molecule has 146 valence electrons. The van der Waals surface area contributed by atoms with Crippen LogP contribution in [-0.4, -0.2) is 24.2 Å². The Kier molecular flexibility index (Phi) is 6.78. The molecule has 0 spiro atoms. The number of nitrogens with zero attached hydrogens (tertiary/aromatic N) is 2. The molecule has 1 aromatic heterocycles. The van der Waals surface area contributed by atoms with Crippen molar-refractivity contribution >= 4 is 47.4 Å². The molecule has 2 amide bonds. The average molecular weight is 429 g/mol. The summed E-state index contributed by atoms with van der Waals surface area (Å²) in [6.07, 6.45) is 2.87. The van der Waals surface area contributed by atoms with Crippen LogP contribution < -0.4 is 10.9 Å². The van der Waals surface area contributed by atoms with Gasteiger partial charge in [0, 0.05) is 10.0 Å². The Bertz CT molecular complexity index is 1010. The number of hydrazone groups is 2. The van der Waals surface area contributed by atoms with Crippen LogP contribution in [0.5, 0.6) is 0 Å². The molecule has 0 saturated carbocycles. The van der Waals surface area contributed by atoms with Gasteiger partial charge in [-0.2, -0.15) is 10.2 Å². The quantitative estimate of drug-likeness (QED) is 0.456. The number of carbonyl (C=O) groups excluding carboxylic acids is 2. The van der Waals surface area contributed by atoms with Crippen molar-refractivity contribution in [3.63, 3.8) is 0 Å². The number of benzene rings is 2. The Morgan fingerprint density at radius 1 is 0.759 bits per heavy atom. The van der Waals surface area contributed by atoms with Gasteiger partial charge in [0.2, 0.25) is 0 Å². The second kappa shape index (κ2) is 9.68. The predicted octanol–water partition coefficient (Wildman–Crippen LogP) is 4.11. The summed E-state index contributed by atoms with van der Waals surface area (Å²) in [5, 5.41) is 8.76. The Labute approximate surface area is 176 Å². The highest BCUT2D eigenvalue weighted by molar-refractivity contribution is 6.31.